The fraction of sp³-hybridized carbons (Fsp3) is 0.533. The number of aromatic nitrogens is 3. The van der Waals surface area contributed by atoms with Crippen molar-refractivity contribution in [2.24, 2.45) is 7.05 Å². The zero-order valence-electron chi connectivity index (χ0n) is 13.4. The average molecular weight is 335 g/mol. The van der Waals surface area contributed by atoms with Gasteiger partial charge in [0.05, 0.1) is 10.7 Å². The highest BCUT2D eigenvalue weighted by Gasteiger charge is 2.22. The van der Waals surface area contributed by atoms with Crippen LogP contribution in [0.25, 0.3) is 0 Å². The summed E-state index contributed by atoms with van der Waals surface area (Å²) in [7, 11) is 1.63. The molecule has 1 saturated heterocycles. The maximum Gasteiger partial charge on any atom is 0.325 e. The lowest BCUT2D eigenvalue weighted by Crippen LogP contribution is -2.35. The molecule has 1 aliphatic rings. The molecule has 8 heteroatoms. The second-order valence-corrected chi connectivity index (χ2v) is 6.93. The maximum atomic E-state index is 12.5. The van der Waals surface area contributed by atoms with E-state index >= 15 is 0 Å². The summed E-state index contributed by atoms with van der Waals surface area (Å²) in [6.45, 7) is 5.98. The van der Waals surface area contributed by atoms with Gasteiger partial charge < -0.3 is 14.5 Å². The highest BCUT2D eigenvalue weighted by molar-refractivity contribution is 7.09. The lowest BCUT2D eigenvalue weighted by molar-refractivity contribution is 0.0755. The predicted octanol–water partition coefficient (Wildman–Crippen LogP) is 0.826. The number of nitrogens with one attached hydrogen (secondary N) is 1. The third-order valence-corrected chi connectivity index (χ3v) is 4.87. The minimum Gasteiger partial charge on any atom is -0.336 e. The van der Waals surface area contributed by atoms with Crippen molar-refractivity contribution in [3.8, 4) is 0 Å². The quantitative estimate of drug-likeness (QED) is 0.901. The Balaban J connectivity index is 1.61. The van der Waals surface area contributed by atoms with Crippen LogP contribution in [0.3, 0.4) is 0 Å². The smallest absolute Gasteiger partial charge is 0.325 e. The van der Waals surface area contributed by atoms with E-state index < -0.39 is 0 Å². The van der Waals surface area contributed by atoms with E-state index in [2.05, 4.69) is 20.2 Å². The normalized spacial score (nSPS) is 16.5. The fourth-order valence-corrected chi connectivity index (χ4v) is 3.41. The van der Waals surface area contributed by atoms with Gasteiger partial charge in [0.25, 0.3) is 5.91 Å². The molecule has 23 heavy (non-hydrogen) atoms. The van der Waals surface area contributed by atoms with Crippen LogP contribution in [0.2, 0.25) is 0 Å². The van der Waals surface area contributed by atoms with Crippen molar-refractivity contribution >= 4 is 17.2 Å². The molecule has 0 atom stereocenters. The monoisotopic (exact) mass is 335 g/mol. The third-order valence-electron chi connectivity index (χ3n) is 4.04. The van der Waals surface area contributed by atoms with Crippen LogP contribution in [0.4, 0.5) is 0 Å². The fourth-order valence-electron chi connectivity index (χ4n) is 2.81. The van der Waals surface area contributed by atoms with Gasteiger partial charge in [0.2, 0.25) is 0 Å². The van der Waals surface area contributed by atoms with Gasteiger partial charge in [-0.3, -0.25) is 9.69 Å². The first kappa shape index (κ1) is 15.9. The Kier molecular flexibility index (Phi) is 4.63. The van der Waals surface area contributed by atoms with E-state index in [-0.39, 0.29) is 11.6 Å². The summed E-state index contributed by atoms with van der Waals surface area (Å²) in [4.78, 5) is 35.2. The number of carbonyl (C=O) groups excluding carboxylic acids is 1. The Hall–Kier alpha value is -1.93. The van der Waals surface area contributed by atoms with Crippen LogP contribution in [0.1, 0.15) is 27.6 Å². The van der Waals surface area contributed by atoms with Crippen molar-refractivity contribution in [3.63, 3.8) is 0 Å². The van der Waals surface area contributed by atoms with E-state index in [1.165, 1.54) is 4.57 Å². The van der Waals surface area contributed by atoms with Gasteiger partial charge >= 0.3 is 5.69 Å². The Morgan fingerprint density at radius 1 is 1.35 bits per heavy atom. The Morgan fingerprint density at radius 3 is 2.83 bits per heavy atom. The first-order chi connectivity index (χ1) is 11.0. The van der Waals surface area contributed by atoms with Crippen LogP contribution in [0, 0.1) is 6.92 Å². The molecule has 2 aromatic heterocycles. The molecule has 1 aliphatic heterocycles. The zero-order chi connectivity index (χ0) is 16.4. The number of rotatable bonds is 3. The third kappa shape index (κ3) is 3.70. The van der Waals surface area contributed by atoms with Crippen molar-refractivity contribution in [2.45, 2.75) is 19.9 Å². The van der Waals surface area contributed by atoms with E-state index in [0.29, 0.717) is 18.8 Å². The largest absolute Gasteiger partial charge is 0.336 e. The van der Waals surface area contributed by atoms with Crippen molar-refractivity contribution < 1.29 is 4.79 Å². The molecule has 1 amide bonds. The Bertz CT molecular complexity index is 747. The molecule has 7 nitrogen and oxygen atoms in total. The van der Waals surface area contributed by atoms with Gasteiger partial charge in [-0.05, 0) is 13.3 Å². The molecule has 1 N–H and O–H groups in total. The van der Waals surface area contributed by atoms with Crippen LogP contribution in [-0.4, -0.2) is 56.4 Å². The molecule has 0 unspecified atom stereocenters. The zero-order valence-corrected chi connectivity index (χ0v) is 14.2. The van der Waals surface area contributed by atoms with Gasteiger partial charge in [0, 0.05) is 51.3 Å². The molecule has 3 rings (SSSR count). The van der Waals surface area contributed by atoms with Crippen molar-refractivity contribution in [1.82, 2.24) is 24.3 Å². The average Bonchev–Trinajstić information content (AvgIpc) is 2.98. The second kappa shape index (κ2) is 6.67. The van der Waals surface area contributed by atoms with Gasteiger partial charge in [-0.2, -0.15) is 0 Å². The number of aromatic amines is 1. The number of thiazole rings is 1. The SMILES string of the molecule is Cc1nc(CN2CCCN(C(=O)c3cn(C)c(=O)[nH]3)CC2)cs1. The lowest BCUT2D eigenvalue weighted by atomic mass is 10.3. The summed E-state index contributed by atoms with van der Waals surface area (Å²) >= 11 is 1.67. The van der Waals surface area contributed by atoms with Gasteiger partial charge in [-0.1, -0.05) is 0 Å². The molecular weight excluding hydrogens is 314 g/mol. The summed E-state index contributed by atoms with van der Waals surface area (Å²) in [5, 5.41) is 3.18. The molecule has 2 aromatic rings. The Morgan fingerprint density at radius 2 is 2.17 bits per heavy atom. The summed E-state index contributed by atoms with van der Waals surface area (Å²) in [5.41, 5.74) is 1.20. The number of hydrogen-bond donors (Lipinski definition) is 1. The van der Waals surface area contributed by atoms with Crippen LogP contribution in [0.5, 0.6) is 0 Å². The number of nitrogens with zero attached hydrogens (tertiary/aromatic N) is 4. The molecule has 0 aliphatic carbocycles. The van der Waals surface area contributed by atoms with Crippen LogP contribution in [0.15, 0.2) is 16.4 Å². The van der Waals surface area contributed by atoms with Crippen molar-refractivity contribution in [2.75, 3.05) is 26.2 Å². The first-order valence-electron chi connectivity index (χ1n) is 7.71. The standard InChI is InChI=1S/C15H21N5O2S/c1-11-16-12(10-23-11)8-19-4-3-5-20(7-6-19)14(21)13-9-18(2)15(22)17-13/h9-10H,3-8H2,1-2H3,(H,17,22). The van der Waals surface area contributed by atoms with Crippen LogP contribution < -0.4 is 5.69 Å². The highest BCUT2D eigenvalue weighted by atomic mass is 32.1. The maximum absolute atomic E-state index is 12.5. The molecule has 1 fully saturated rings. The number of aryl methyl sites for hydroxylation is 2. The van der Waals surface area contributed by atoms with E-state index in [0.717, 1.165) is 36.8 Å². The van der Waals surface area contributed by atoms with Crippen molar-refractivity contribution in [1.29, 1.82) is 0 Å². The predicted molar refractivity (Wildman–Crippen MR) is 88.7 cm³/mol. The van der Waals surface area contributed by atoms with E-state index in [1.54, 1.807) is 24.6 Å². The number of imidazole rings is 1. The van der Waals surface area contributed by atoms with Gasteiger partial charge in [0.1, 0.15) is 5.69 Å². The number of hydrogen-bond acceptors (Lipinski definition) is 5. The topological polar surface area (TPSA) is 74.2 Å². The summed E-state index contributed by atoms with van der Waals surface area (Å²) in [6, 6.07) is 0. The summed E-state index contributed by atoms with van der Waals surface area (Å²) in [5.74, 6) is -0.103. The van der Waals surface area contributed by atoms with Crippen LogP contribution in [-0.2, 0) is 13.6 Å². The molecule has 0 aromatic carbocycles. The van der Waals surface area contributed by atoms with Gasteiger partial charge in [0.15, 0.2) is 0 Å². The number of amides is 1. The summed E-state index contributed by atoms with van der Waals surface area (Å²) in [6.07, 6.45) is 2.48. The number of carbonyl (C=O) groups is 1. The molecular formula is C15H21N5O2S. The lowest BCUT2D eigenvalue weighted by Gasteiger charge is -2.21. The van der Waals surface area contributed by atoms with Crippen LogP contribution >= 0.6 is 11.3 Å². The minimum atomic E-state index is -0.260. The summed E-state index contributed by atoms with van der Waals surface area (Å²) < 4.78 is 1.39. The van der Waals surface area contributed by atoms with E-state index in [9.17, 15) is 9.59 Å². The minimum absolute atomic E-state index is 0.103. The second-order valence-electron chi connectivity index (χ2n) is 5.86. The van der Waals surface area contributed by atoms with E-state index in [4.69, 9.17) is 0 Å². The molecule has 0 spiro atoms. The molecule has 3 heterocycles. The van der Waals surface area contributed by atoms with Gasteiger partial charge in [-0.25, -0.2) is 9.78 Å². The highest BCUT2D eigenvalue weighted by Crippen LogP contribution is 2.13. The van der Waals surface area contributed by atoms with Crippen molar-refractivity contribution in [3.05, 3.63) is 38.5 Å². The molecule has 0 radical (unpaired) electrons. The van der Waals surface area contributed by atoms with E-state index in [1.807, 2.05) is 11.8 Å². The first-order valence-corrected chi connectivity index (χ1v) is 8.59. The van der Waals surface area contributed by atoms with Gasteiger partial charge in [-0.15, -0.1) is 11.3 Å². The molecule has 124 valence electrons. The molecule has 0 saturated carbocycles. The molecule has 0 bridgehead atoms. The Labute approximate surface area is 138 Å². The number of H-pyrrole nitrogens is 1.